The van der Waals surface area contributed by atoms with Crippen LogP contribution >= 0.6 is 0 Å². The second kappa shape index (κ2) is 8.04. The van der Waals surface area contributed by atoms with E-state index in [4.69, 9.17) is 9.47 Å². The summed E-state index contributed by atoms with van der Waals surface area (Å²) in [7, 11) is 3.14. The Morgan fingerprint density at radius 1 is 1.04 bits per heavy atom. The van der Waals surface area contributed by atoms with E-state index in [0.29, 0.717) is 30.0 Å². The zero-order valence-corrected chi connectivity index (χ0v) is 15.1. The highest BCUT2D eigenvalue weighted by Gasteiger charge is 2.34. The molecule has 136 valence electrons. The van der Waals surface area contributed by atoms with Crippen molar-refractivity contribution in [3.8, 4) is 11.5 Å². The average molecular weight is 353 g/mol. The number of nitrogens with zero attached hydrogens (tertiary/aromatic N) is 1. The molecule has 3 rings (SSSR count). The number of amides is 1. The fourth-order valence-electron chi connectivity index (χ4n) is 3.40. The Morgan fingerprint density at radius 2 is 1.77 bits per heavy atom. The van der Waals surface area contributed by atoms with Gasteiger partial charge in [0.2, 0.25) is 5.91 Å². The van der Waals surface area contributed by atoms with Gasteiger partial charge in [-0.15, -0.1) is 0 Å². The molecule has 0 spiro atoms. The summed E-state index contributed by atoms with van der Waals surface area (Å²) < 4.78 is 10.5. The highest BCUT2D eigenvalue weighted by atomic mass is 16.5. The lowest BCUT2D eigenvalue weighted by molar-refractivity contribution is -0.130. The summed E-state index contributed by atoms with van der Waals surface area (Å²) in [5, 5.41) is 0. The molecule has 1 aliphatic rings. The zero-order valence-electron chi connectivity index (χ0n) is 15.1. The van der Waals surface area contributed by atoms with Gasteiger partial charge in [-0.3, -0.25) is 9.59 Å². The zero-order chi connectivity index (χ0) is 18.5. The van der Waals surface area contributed by atoms with Crippen LogP contribution in [0.4, 0.5) is 0 Å². The number of methoxy groups -OCH3 is 2. The number of benzene rings is 2. The molecule has 0 radical (unpaired) electrons. The highest BCUT2D eigenvalue weighted by molar-refractivity contribution is 6.02. The summed E-state index contributed by atoms with van der Waals surface area (Å²) >= 11 is 0. The Bertz CT molecular complexity index is 788. The highest BCUT2D eigenvalue weighted by Crippen LogP contribution is 2.28. The summed E-state index contributed by atoms with van der Waals surface area (Å²) in [4.78, 5) is 27.3. The first kappa shape index (κ1) is 18.0. The molecule has 1 unspecified atom stereocenters. The number of hydrogen-bond donors (Lipinski definition) is 0. The van der Waals surface area contributed by atoms with Crippen molar-refractivity contribution in [2.45, 2.75) is 25.3 Å². The van der Waals surface area contributed by atoms with E-state index >= 15 is 0 Å². The van der Waals surface area contributed by atoms with Crippen molar-refractivity contribution in [3.63, 3.8) is 0 Å². The SMILES string of the molecule is COc1ccc(CC(=O)N2CCCC2C(=O)c2ccccc2)cc1OC. The van der Waals surface area contributed by atoms with Gasteiger partial charge in [0.1, 0.15) is 0 Å². The van der Waals surface area contributed by atoms with Crippen LogP contribution in [0.3, 0.4) is 0 Å². The van der Waals surface area contributed by atoms with Crippen LogP contribution in [0.5, 0.6) is 11.5 Å². The number of carbonyl (C=O) groups is 2. The first-order valence-electron chi connectivity index (χ1n) is 8.73. The van der Waals surface area contributed by atoms with E-state index in [9.17, 15) is 9.59 Å². The van der Waals surface area contributed by atoms with Gasteiger partial charge in [0.25, 0.3) is 0 Å². The van der Waals surface area contributed by atoms with Crippen LogP contribution in [0.25, 0.3) is 0 Å². The first-order chi connectivity index (χ1) is 12.6. The van der Waals surface area contributed by atoms with E-state index in [1.165, 1.54) is 0 Å². The standard InChI is InChI=1S/C21H23NO4/c1-25-18-11-10-15(13-19(18)26-2)14-20(23)22-12-6-9-17(22)21(24)16-7-4-3-5-8-16/h3-5,7-8,10-11,13,17H,6,9,12,14H2,1-2H3. The molecule has 0 bridgehead atoms. The molecule has 2 aromatic rings. The Kier molecular flexibility index (Phi) is 5.56. The van der Waals surface area contributed by atoms with Gasteiger partial charge in [0.15, 0.2) is 17.3 Å². The molecule has 0 aromatic heterocycles. The van der Waals surface area contributed by atoms with E-state index in [0.717, 1.165) is 12.0 Å². The summed E-state index contributed by atoms with van der Waals surface area (Å²) in [6, 6.07) is 14.3. The predicted molar refractivity (Wildman–Crippen MR) is 98.8 cm³/mol. The minimum atomic E-state index is -0.370. The molecule has 1 saturated heterocycles. The molecule has 0 saturated carbocycles. The minimum Gasteiger partial charge on any atom is -0.493 e. The second-order valence-corrected chi connectivity index (χ2v) is 6.34. The van der Waals surface area contributed by atoms with Gasteiger partial charge in [-0.05, 0) is 30.5 Å². The van der Waals surface area contributed by atoms with E-state index in [1.807, 2.05) is 24.3 Å². The van der Waals surface area contributed by atoms with Gasteiger partial charge in [-0.2, -0.15) is 0 Å². The third-order valence-corrected chi connectivity index (χ3v) is 4.74. The van der Waals surface area contributed by atoms with Crippen molar-refractivity contribution in [2.75, 3.05) is 20.8 Å². The summed E-state index contributed by atoms with van der Waals surface area (Å²) in [5.74, 6) is 1.20. The van der Waals surface area contributed by atoms with Gasteiger partial charge < -0.3 is 14.4 Å². The van der Waals surface area contributed by atoms with Crippen molar-refractivity contribution in [1.82, 2.24) is 4.90 Å². The number of likely N-dealkylation sites (tertiary alicyclic amines) is 1. The fraction of sp³-hybridized carbons (Fsp3) is 0.333. The fourth-order valence-corrected chi connectivity index (χ4v) is 3.40. The molecule has 0 N–H and O–H groups in total. The third kappa shape index (κ3) is 3.72. The lowest BCUT2D eigenvalue weighted by Crippen LogP contribution is -2.41. The van der Waals surface area contributed by atoms with Crippen molar-refractivity contribution in [1.29, 1.82) is 0 Å². The summed E-state index contributed by atoms with van der Waals surface area (Å²) in [5.41, 5.74) is 1.49. The normalized spacial score (nSPS) is 16.4. The molecule has 1 aliphatic heterocycles. The lowest BCUT2D eigenvalue weighted by atomic mass is 10.0. The van der Waals surface area contributed by atoms with Gasteiger partial charge in [-0.25, -0.2) is 0 Å². The maximum atomic E-state index is 12.8. The van der Waals surface area contributed by atoms with Crippen LogP contribution in [0.2, 0.25) is 0 Å². The first-order valence-corrected chi connectivity index (χ1v) is 8.73. The van der Waals surface area contributed by atoms with Crippen LogP contribution in [0, 0.1) is 0 Å². The number of ketones is 1. The molecular formula is C21H23NO4. The van der Waals surface area contributed by atoms with Gasteiger partial charge >= 0.3 is 0 Å². The molecular weight excluding hydrogens is 330 g/mol. The molecule has 26 heavy (non-hydrogen) atoms. The van der Waals surface area contributed by atoms with E-state index in [2.05, 4.69) is 0 Å². The Balaban J connectivity index is 1.74. The molecule has 0 aliphatic carbocycles. The van der Waals surface area contributed by atoms with Gasteiger partial charge in [0, 0.05) is 12.1 Å². The number of ether oxygens (including phenoxy) is 2. The Labute approximate surface area is 153 Å². The van der Waals surface area contributed by atoms with E-state index in [-0.39, 0.29) is 24.2 Å². The summed E-state index contributed by atoms with van der Waals surface area (Å²) in [6.45, 7) is 0.620. The molecule has 2 aromatic carbocycles. The quantitative estimate of drug-likeness (QED) is 0.749. The number of rotatable bonds is 6. The van der Waals surface area contributed by atoms with Crippen molar-refractivity contribution in [2.24, 2.45) is 0 Å². The average Bonchev–Trinajstić information content (AvgIpc) is 3.18. The van der Waals surface area contributed by atoms with Crippen LogP contribution < -0.4 is 9.47 Å². The lowest BCUT2D eigenvalue weighted by Gasteiger charge is -2.24. The monoisotopic (exact) mass is 353 g/mol. The van der Waals surface area contributed by atoms with Crippen LogP contribution in [-0.4, -0.2) is 43.4 Å². The third-order valence-electron chi connectivity index (χ3n) is 4.74. The molecule has 1 heterocycles. The predicted octanol–water partition coefficient (Wildman–Crippen LogP) is 3.12. The van der Waals surface area contributed by atoms with Crippen LogP contribution in [0.1, 0.15) is 28.8 Å². The van der Waals surface area contributed by atoms with Gasteiger partial charge in [0.05, 0.1) is 26.7 Å². The minimum absolute atomic E-state index is 0.0174. The van der Waals surface area contributed by atoms with E-state index in [1.54, 1.807) is 43.4 Å². The van der Waals surface area contributed by atoms with Crippen LogP contribution in [0.15, 0.2) is 48.5 Å². The van der Waals surface area contributed by atoms with Crippen molar-refractivity contribution < 1.29 is 19.1 Å². The van der Waals surface area contributed by atoms with Gasteiger partial charge in [-0.1, -0.05) is 36.4 Å². The summed E-state index contributed by atoms with van der Waals surface area (Å²) in [6.07, 6.45) is 1.80. The van der Waals surface area contributed by atoms with E-state index < -0.39 is 0 Å². The molecule has 5 heteroatoms. The molecule has 5 nitrogen and oxygen atoms in total. The smallest absolute Gasteiger partial charge is 0.227 e. The molecule has 1 fully saturated rings. The second-order valence-electron chi connectivity index (χ2n) is 6.34. The number of hydrogen-bond acceptors (Lipinski definition) is 4. The molecule has 1 amide bonds. The van der Waals surface area contributed by atoms with Crippen molar-refractivity contribution in [3.05, 3.63) is 59.7 Å². The maximum absolute atomic E-state index is 12.8. The van der Waals surface area contributed by atoms with Crippen molar-refractivity contribution >= 4 is 11.7 Å². The Hall–Kier alpha value is -2.82. The topological polar surface area (TPSA) is 55.8 Å². The number of Topliss-reactive ketones (excluding diaryl/α,β-unsaturated/α-hetero) is 1. The Morgan fingerprint density at radius 3 is 2.46 bits per heavy atom. The maximum Gasteiger partial charge on any atom is 0.227 e. The molecule has 1 atom stereocenters. The number of carbonyl (C=O) groups excluding carboxylic acids is 2. The largest absolute Gasteiger partial charge is 0.493 e. The van der Waals surface area contributed by atoms with Crippen LogP contribution in [-0.2, 0) is 11.2 Å².